The van der Waals surface area contributed by atoms with Crippen LogP contribution >= 0.6 is 0 Å². The molecule has 2 aromatic carbocycles. The zero-order chi connectivity index (χ0) is 21.8. The lowest BCUT2D eigenvalue weighted by Crippen LogP contribution is -2.31. The Hall–Kier alpha value is -3.27. The standard InChI is InChI=1S/C19H21N3O6S/c1-4-10-20-18(23)16-9-8-14(11-17(16)22(25)26)29(27,28)21-19(24)15-7-5-6-12(2)13(15)3/h5-9,11H,4,10H2,1-3H3,(H,20,23)(H,21,24). The first kappa shape index (κ1) is 22.0. The van der Waals surface area contributed by atoms with Crippen molar-refractivity contribution in [1.82, 2.24) is 10.0 Å². The zero-order valence-corrected chi connectivity index (χ0v) is 17.0. The number of nitro benzene ring substituents is 1. The Bertz CT molecular complexity index is 1080. The third-order valence-electron chi connectivity index (χ3n) is 4.33. The van der Waals surface area contributed by atoms with E-state index in [1.165, 1.54) is 6.07 Å². The van der Waals surface area contributed by atoms with Gasteiger partial charge in [-0.3, -0.25) is 19.7 Å². The molecule has 0 bridgehead atoms. The van der Waals surface area contributed by atoms with Crippen LogP contribution in [0.3, 0.4) is 0 Å². The molecule has 0 aliphatic carbocycles. The predicted molar refractivity (Wildman–Crippen MR) is 106 cm³/mol. The Morgan fingerprint density at radius 2 is 1.76 bits per heavy atom. The van der Waals surface area contributed by atoms with Crippen LogP contribution in [0.1, 0.15) is 45.2 Å². The highest BCUT2D eigenvalue weighted by atomic mass is 32.2. The van der Waals surface area contributed by atoms with Crippen LogP contribution in [0.25, 0.3) is 0 Å². The molecule has 29 heavy (non-hydrogen) atoms. The number of hydrogen-bond donors (Lipinski definition) is 2. The second-order valence-electron chi connectivity index (χ2n) is 6.37. The van der Waals surface area contributed by atoms with Gasteiger partial charge in [-0.1, -0.05) is 19.1 Å². The highest BCUT2D eigenvalue weighted by Crippen LogP contribution is 2.23. The number of benzene rings is 2. The summed E-state index contributed by atoms with van der Waals surface area (Å²) in [7, 11) is -4.39. The van der Waals surface area contributed by atoms with Gasteiger partial charge in [0.05, 0.1) is 9.82 Å². The average molecular weight is 419 g/mol. The minimum absolute atomic E-state index is 0.179. The van der Waals surface area contributed by atoms with Crippen LogP contribution in [0, 0.1) is 24.0 Å². The van der Waals surface area contributed by atoms with E-state index < -0.39 is 37.3 Å². The molecule has 0 spiro atoms. The van der Waals surface area contributed by atoms with Crippen LogP contribution in [-0.4, -0.2) is 31.7 Å². The SMILES string of the molecule is CCCNC(=O)c1ccc(S(=O)(=O)NC(=O)c2cccc(C)c2C)cc1[N+](=O)[O-]. The molecule has 0 fully saturated rings. The van der Waals surface area contributed by atoms with Gasteiger partial charge in [-0.05, 0) is 49.6 Å². The number of nitro groups is 1. The summed E-state index contributed by atoms with van der Waals surface area (Å²) in [4.78, 5) is 34.5. The summed E-state index contributed by atoms with van der Waals surface area (Å²) in [5.74, 6) is -1.53. The van der Waals surface area contributed by atoms with Crippen LogP contribution in [0.4, 0.5) is 5.69 Å². The number of nitrogens with one attached hydrogen (secondary N) is 2. The maximum Gasteiger partial charge on any atom is 0.283 e. The maximum atomic E-state index is 12.6. The number of amides is 2. The third kappa shape index (κ3) is 4.96. The minimum atomic E-state index is -4.39. The van der Waals surface area contributed by atoms with Gasteiger partial charge in [0, 0.05) is 18.2 Å². The van der Waals surface area contributed by atoms with E-state index in [1.54, 1.807) is 26.0 Å². The molecule has 9 nitrogen and oxygen atoms in total. The van der Waals surface area contributed by atoms with Gasteiger partial charge in [0.2, 0.25) is 0 Å². The quantitative estimate of drug-likeness (QED) is 0.523. The Balaban J connectivity index is 2.38. The molecule has 0 saturated heterocycles. The molecule has 2 N–H and O–H groups in total. The lowest BCUT2D eigenvalue weighted by atomic mass is 10.0. The molecule has 2 rings (SSSR count). The third-order valence-corrected chi connectivity index (χ3v) is 5.66. The molecule has 0 aliphatic heterocycles. The van der Waals surface area contributed by atoms with Gasteiger partial charge in [-0.2, -0.15) is 0 Å². The van der Waals surface area contributed by atoms with E-state index in [-0.39, 0.29) is 11.1 Å². The van der Waals surface area contributed by atoms with Crippen LogP contribution in [0.15, 0.2) is 41.3 Å². The van der Waals surface area contributed by atoms with Gasteiger partial charge < -0.3 is 5.32 Å². The van der Waals surface area contributed by atoms with Crippen LogP contribution in [-0.2, 0) is 10.0 Å². The van der Waals surface area contributed by atoms with Gasteiger partial charge >= 0.3 is 0 Å². The van der Waals surface area contributed by atoms with Crippen molar-refractivity contribution in [2.45, 2.75) is 32.1 Å². The van der Waals surface area contributed by atoms with Crippen molar-refractivity contribution < 1.29 is 22.9 Å². The molecule has 0 atom stereocenters. The maximum absolute atomic E-state index is 12.6. The summed E-state index contributed by atoms with van der Waals surface area (Å²) < 4.78 is 27.1. The zero-order valence-electron chi connectivity index (χ0n) is 16.2. The fraction of sp³-hybridized carbons (Fsp3) is 0.263. The largest absolute Gasteiger partial charge is 0.352 e. The number of rotatable bonds is 7. The highest BCUT2D eigenvalue weighted by molar-refractivity contribution is 7.90. The number of carbonyl (C=O) groups is 2. The van der Waals surface area contributed by atoms with E-state index in [4.69, 9.17) is 0 Å². The topological polar surface area (TPSA) is 135 Å². The average Bonchev–Trinajstić information content (AvgIpc) is 2.67. The molecule has 0 aromatic heterocycles. The van der Waals surface area contributed by atoms with Gasteiger partial charge in [-0.15, -0.1) is 0 Å². The fourth-order valence-electron chi connectivity index (χ4n) is 2.59. The van der Waals surface area contributed by atoms with Gasteiger partial charge in [0.25, 0.3) is 27.5 Å². The van der Waals surface area contributed by atoms with Gasteiger partial charge in [0.1, 0.15) is 5.56 Å². The van der Waals surface area contributed by atoms with Crippen LogP contribution < -0.4 is 10.0 Å². The van der Waals surface area contributed by atoms with Gasteiger partial charge in [0.15, 0.2) is 0 Å². The van der Waals surface area contributed by atoms with E-state index >= 15 is 0 Å². The molecule has 2 aromatic rings. The molecular weight excluding hydrogens is 398 g/mol. The Morgan fingerprint density at radius 3 is 2.38 bits per heavy atom. The molecule has 154 valence electrons. The summed E-state index contributed by atoms with van der Waals surface area (Å²) in [5, 5.41) is 13.9. The van der Waals surface area contributed by atoms with Crippen molar-refractivity contribution in [2.24, 2.45) is 0 Å². The first-order chi connectivity index (χ1) is 13.6. The number of aryl methyl sites for hydroxylation is 1. The van der Waals surface area contributed by atoms with Crippen molar-refractivity contribution in [3.8, 4) is 0 Å². The molecular formula is C19H21N3O6S. The molecule has 10 heteroatoms. The van der Waals surface area contributed by atoms with Crippen molar-refractivity contribution in [3.05, 3.63) is 68.8 Å². The van der Waals surface area contributed by atoms with Crippen molar-refractivity contribution in [3.63, 3.8) is 0 Å². The van der Waals surface area contributed by atoms with E-state index in [0.29, 0.717) is 18.5 Å². The Kier molecular flexibility index (Phi) is 6.70. The Morgan fingerprint density at radius 1 is 1.07 bits per heavy atom. The summed E-state index contributed by atoms with van der Waals surface area (Å²) in [6.07, 6.45) is 0.635. The number of hydrogen-bond acceptors (Lipinski definition) is 6. The minimum Gasteiger partial charge on any atom is -0.352 e. The number of sulfonamides is 1. The number of carbonyl (C=O) groups excluding carboxylic acids is 2. The van der Waals surface area contributed by atoms with E-state index in [0.717, 1.165) is 23.8 Å². The van der Waals surface area contributed by atoms with E-state index in [2.05, 4.69) is 5.32 Å². The summed E-state index contributed by atoms with van der Waals surface area (Å²) >= 11 is 0. The highest BCUT2D eigenvalue weighted by Gasteiger charge is 2.26. The fourth-order valence-corrected chi connectivity index (χ4v) is 3.57. The lowest BCUT2D eigenvalue weighted by Gasteiger charge is -2.11. The second kappa shape index (κ2) is 8.82. The Labute approximate surface area is 168 Å². The lowest BCUT2D eigenvalue weighted by molar-refractivity contribution is -0.385. The van der Waals surface area contributed by atoms with Crippen molar-refractivity contribution >= 4 is 27.5 Å². The molecule has 0 heterocycles. The first-order valence-electron chi connectivity index (χ1n) is 8.78. The van der Waals surface area contributed by atoms with Crippen LogP contribution in [0.2, 0.25) is 0 Å². The molecule has 2 amide bonds. The monoisotopic (exact) mass is 419 g/mol. The van der Waals surface area contributed by atoms with Crippen molar-refractivity contribution in [1.29, 1.82) is 0 Å². The van der Waals surface area contributed by atoms with E-state index in [1.807, 2.05) is 11.6 Å². The normalized spacial score (nSPS) is 11.0. The molecule has 0 saturated carbocycles. The van der Waals surface area contributed by atoms with Gasteiger partial charge in [-0.25, -0.2) is 13.1 Å². The first-order valence-corrected chi connectivity index (χ1v) is 10.3. The predicted octanol–water partition coefficient (Wildman–Crippen LogP) is 2.47. The molecule has 0 unspecified atom stereocenters. The van der Waals surface area contributed by atoms with Crippen LogP contribution in [0.5, 0.6) is 0 Å². The smallest absolute Gasteiger partial charge is 0.283 e. The van der Waals surface area contributed by atoms with E-state index in [9.17, 15) is 28.1 Å². The molecule has 0 aliphatic rings. The molecule has 0 radical (unpaired) electrons. The second-order valence-corrected chi connectivity index (χ2v) is 8.06. The number of nitrogens with zero attached hydrogens (tertiary/aromatic N) is 1. The summed E-state index contributed by atoms with van der Waals surface area (Å²) in [6.45, 7) is 5.61. The van der Waals surface area contributed by atoms with Crippen molar-refractivity contribution in [2.75, 3.05) is 6.54 Å². The summed E-state index contributed by atoms with van der Waals surface area (Å²) in [5.41, 5.74) is 0.685. The summed E-state index contributed by atoms with van der Waals surface area (Å²) in [6, 6.07) is 7.76.